The maximum absolute atomic E-state index is 13.5. The number of hydrogen-bond acceptors (Lipinski definition) is 5. The number of halogens is 1. The molecule has 1 aliphatic rings. The van der Waals surface area contributed by atoms with Crippen LogP contribution in [0.25, 0.3) is 11.0 Å². The summed E-state index contributed by atoms with van der Waals surface area (Å²) >= 11 is 0. The zero-order valence-electron chi connectivity index (χ0n) is 15.3. The van der Waals surface area contributed by atoms with Crippen LogP contribution in [0, 0.1) is 26.6 Å². The lowest BCUT2D eigenvalue weighted by molar-refractivity contribution is 0.476. The molecule has 0 fully saturated rings. The fourth-order valence-corrected chi connectivity index (χ4v) is 3.61. The summed E-state index contributed by atoms with van der Waals surface area (Å²) in [6, 6.07) is 7.97. The fourth-order valence-electron chi connectivity index (χ4n) is 3.61. The van der Waals surface area contributed by atoms with Gasteiger partial charge in [0.15, 0.2) is 0 Å². The third kappa shape index (κ3) is 2.77. The third-order valence-electron chi connectivity index (χ3n) is 5.20. The number of nitrogens with one attached hydrogen (secondary N) is 1. The number of benzene rings is 2. The molecule has 2 aromatic carbocycles. The first-order valence-electron chi connectivity index (χ1n) is 8.71. The summed E-state index contributed by atoms with van der Waals surface area (Å²) in [7, 11) is 0. The summed E-state index contributed by atoms with van der Waals surface area (Å²) in [5.74, 6) is -0.247. The van der Waals surface area contributed by atoms with Crippen LogP contribution in [0.4, 0.5) is 4.39 Å². The molecule has 4 rings (SSSR count). The monoisotopic (exact) mass is 366 g/mol. The van der Waals surface area contributed by atoms with E-state index in [1.165, 1.54) is 12.1 Å². The van der Waals surface area contributed by atoms with Crippen molar-refractivity contribution in [2.24, 2.45) is 5.10 Å². The lowest BCUT2D eigenvalue weighted by atomic mass is 9.93. The summed E-state index contributed by atoms with van der Waals surface area (Å²) < 4.78 is 18.9. The molecule has 6 heteroatoms. The molecule has 5 nitrogen and oxygen atoms in total. The smallest absolute Gasteiger partial charge is 0.339 e. The van der Waals surface area contributed by atoms with Gasteiger partial charge < -0.3 is 14.9 Å². The van der Waals surface area contributed by atoms with E-state index in [-0.39, 0.29) is 17.6 Å². The van der Waals surface area contributed by atoms with Crippen LogP contribution in [0.2, 0.25) is 0 Å². The number of aromatic hydroxyl groups is 1. The van der Waals surface area contributed by atoms with Gasteiger partial charge in [-0.2, -0.15) is 5.10 Å². The molecule has 0 bridgehead atoms. The summed E-state index contributed by atoms with van der Waals surface area (Å²) in [6.45, 7) is 5.30. The highest BCUT2D eigenvalue weighted by Gasteiger charge is 2.26. The minimum absolute atomic E-state index is 0.0507. The average Bonchev–Trinajstić information content (AvgIpc) is 3.09. The molecule has 0 amide bonds. The molecule has 1 unspecified atom stereocenters. The highest BCUT2D eigenvalue weighted by atomic mass is 19.1. The van der Waals surface area contributed by atoms with Gasteiger partial charge in [0.25, 0.3) is 0 Å². The Hall–Kier alpha value is -3.15. The topological polar surface area (TPSA) is 74.8 Å². The van der Waals surface area contributed by atoms with Gasteiger partial charge in [0.1, 0.15) is 17.1 Å². The van der Waals surface area contributed by atoms with E-state index in [0.717, 1.165) is 11.1 Å². The first kappa shape index (κ1) is 17.3. The van der Waals surface area contributed by atoms with Gasteiger partial charge >= 0.3 is 5.63 Å². The predicted octanol–water partition coefficient (Wildman–Crippen LogP) is 4.00. The highest BCUT2D eigenvalue weighted by molar-refractivity contribution is 6.09. The zero-order valence-corrected chi connectivity index (χ0v) is 15.3. The Kier molecular flexibility index (Phi) is 3.98. The normalized spacial score (nSPS) is 16.4. The van der Waals surface area contributed by atoms with Gasteiger partial charge in [-0.05, 0) is 55.7 Å². The first-order valence-corrected chi connectivity index (χ1v) is 8.71. The summed E-state index contributed by atoms with van der Waals surface area (Å²) in [6.07, 6.45) is 0.512. The van der Waals surface area contributed by atoms with E-state index < -0.39 is 5.63 Å². The van der Waals surface area contributed by atoms with Gasteiger partial charge in [0, 0.05) is 17.5 Å². The van der Waals surface area contributed by atoms with Crippen molar-refractivity contribution in [2.45, 2.75) is 33.2 Å². The van der Waals surface area contributed by atoms with Crippen molar-refractivity contribution in [3.63, 3.8) is 0 Å². The highest BCUT2D eigenvalue weighted by Crippen LogP contribution is 2.37. The maximum atomic E-state index is 13.5. The molecule has 0 spiro atoms. The third-order valence-corrected chi connectivity index (χ3v) is 5.20. The van der Waals surface area contributed by atoms with E-state index in [0.29, 0.717) is 39.8 Å². The summed E-state index contributed by atoms with van der Waals surface area (Å²) in [4.78, 5) is 11.9. The number of rotatable bonds is 2. The van der Waals surface area contributed by atoms with Crippen molar-refractivity contribution < 1.29 is 13.9 Å². The Morgan fingerprint density at radius 1 is 1.22 bits per heavy atom. The lowest BCUT2D eigenvalue weighted by Gasteiger charge is -2.14. The number of hydrazone groups is 1. The van der Waals surface area contributed by atoms with Crippen LogP contribution in [0.5, 0.6) is 5.75 Å². The van der Waals surface area contributed by atoms with Crippen LogP contribution in [0.1, 0.15) is 40.3 Å². The largest absolute Gasteiger partial charge is 0.506 e. The summed E-state index contributed by atoms with van der Waals surface area (Å²) in [5.41, 5.74) is 6.98. The Morgan fingerprint density at radius 2 is 2.00 bits per heavy atom. The van der Waals surface area contributed by atoms with E-state index in [4.69, 9.17) is 4.42 Å². The molecular weight excluding hydrogens is 347 g/mol. The number of hydrogen-bond donors (Lipinski definition) is 2. The van der Waals surface area contributed by atoms with Gasteiger partial charge in [-0.15, -0.1) is 0 Å². The second-order valence-electron chi connectivity index (χ2n) is 6.93. The molecule has 138 valence electrons. The van der Waals surface area contributed by atoms with Gasteiger partial charge in [-0.1, -0.05) is 12.1 Å². The van der Waals surface area contributed by atoms with Crippen LogP contribution in [0.15, 0.2) is 44.6 Å². The Balaban J connectivity index is 1.80. The number of phenols is 1. The molecule has 3 aromatic rings. The second-order valence-corrected chi connectivity index (χ2v) is 6.93. The van der Waals surface area contributed by atoms with E-state index in [1.54, 1.807) is 26.0 Å². The minimum Gasteiger partial charge on any atom is -0.506 e. The molecular formula is C21H19FN2O3. The molecule has 0 saturated carbocycles. The van der Waals surface area contributed by atoms with Crippen molar-refractivity contribution in [1.82, 2.24) is 5.43 Å². The molecule has 2 heterocycles. The van der Waals surface area contributed by atoms with E-state index in [1.807, 2.05) is 13.0 Å². The van der Waals surface area contributed by atoms with Crippen molar-refractivity contribution >= 4 is 16.7 Å². The molecule has 2 N–H and O–H groups in total. The van der Waals surface area contributed by atoms with Gasteiger partial charge in [0.2, 0.25) is 0 Å². The predicted molar refractivity (Wildman–Crippen MR) is 102 cm³/mol. The van der Waals surface area contributed by atoms with Crippen LogP contribution in [-0.4, -0.2) is 10.8 Å². The summed E-state index contributed by atoms with van der Waals surface area (Å²) in [5, 5.41) is 15.9. The molecule has 0 radical (unpaired) electrons. The number of nitrogens with zero attached hydrogens (tertiary/aromatic N) is 1. The van der Waals surface area contributed by atoms with Crippen molar-refractivity contribution in [3.05, 3.63) is 74.4 Å². The lowest BCUT2D eigenvalue weighted by Crippen LogP contribution is -2.10. The average molecular weight is 366 g/mol. The number of fused-ring (bicyclic) bond motifs is 1. The van der Waals surface area contributed by atoms with Crippen LogP contribution >= 0.6 is 0 Å². The quantitative estimate of drug-likeness (QED) is 0.672. The zero-order chi connectivity index (χ0) is 19.3. The van der Waals surface area contributed by atoms with Crippen LogP contribution in [0.3, 0.4) is 0 Å². The van der Waals surface area contributed by atoms with Gasteiger partial charge in [0.05, 0.1) is 17.1 Å². The molecule has 1 aromatic heterocycles. The SMILES string of the molecule is Cc1cc2oc(=O)c(C)c(C)c2c(O)c1C1=NNC(c2cccc(F)c2)C1. The van der Waals surface area contributed by atoms with Crippen LogP contribution in [-0.2, 0) is 0 Å². The Morgan fingerprint density at radius 3 is 2.74 bits per heavy atom. The fraction of sp³-hybridized carbons (Fsp3) is 0.238. The molecule has 27 heavy (non-hydrogen) atoms. The molecule has 1 atom stereocenters. The Labute approximate surface area is 155 Å². The van der Waals surface area contributed by atoms with E-state index in [2.05, 4.69) is 10.5 Å². The van der Waals surface area contributed by atoms with Crippen LogP contribution < -0.4 is 11.1 Å². The standard InChI is InChI=1S/C21H19FN2O3/c1-10-7-17-19(11(2)12(3)21(26)27-17)20(25)18(10)16-9-15(23-24-16)13-5-4-6-14(22)8-13/h4-8,15,23,25H,9H2,1-3H3. The molecule has 1 aliphatic heterocycles. The van der Waals surface area contributed by atoms with Gasteiger partial charge in [-0.3, -0.25) is 0 Å². The maximum Gasteiger partial charge on any atom is 0.339 e. The minimum atomic E-state index is -0.405. The van der Waals surface area contributed by atoms with Crippen molar-refractivity contribution in [1.29, 1.82) is 0 Å². The van der Waals surface area contributed by atoms with Crippen molar-refractivity contribution in [2.75, 3.05) is 0 Å². The van der Waals surface area contributed by atoms with Gasteiger partial charge in [-0.25, -0.2) is 9.18 Å². The molecule has 0 aliphatic carbocycles. The Bertz CT molecular complexity index is 1160. The number of aryl methyl sites for hydroxylation is 2. The molecule has 0 saturated heterocycles. The number of phenolic OH excluding ortho intramolecular Hbond substituents is 1. The van der Waals surface area contributed by atoms with Crippen molar-refractivity contribution in [3.8, 4) is 5.75 Å². The second kappa shape index (κ2) is 6.23. The van der Waals surface area contributed by atoms with E-state index in [9.17, 15) is 14.3 Å². The first-order chi connectivity index (χ1) is 12.9. The van der Waals surface area contributed by atoms with E-state index >= 15 is 0 Å².